The maximum atomic E-state index is 11.6. The second-order valence-electron chi connectivity index (χ2n) is 3.69. The Morgan fingerprint density at radius 3 is 3.00 bits per heavy atom. The van der Waals surface area contributed by atoms with Crippen molar-refractivity contribution in [1.29, 1.82) is 0 Å². The van der Waals surface area contributed by atoms with Crippen LogP contribution in [-0.2, 0) is 0 Å². The average molecular weight is 194 g/mol. The molecule has 3 N–H and O–H groups in total. The summed E-state index contributed by atoms with van der Waals surface area (Å²) >= 11 is 0. The summed E-state index contributed by atoms with van der Waals surface area (Å²) < 4.78 is 4.83. The van der Waals surface area contributed by atoms with Gasteiger partial charge in [-0.3, -0.25) is 4.79 Å². The van der Waals surface area contributed by atoms with Gasteiger partial charge in [0.2, 0.25) is 0 Å². The van der Waals surface area contributed by atoms with Crippen LogP contribution in [0.2, 0.25) is 0 Å². The third-order valence-corrected chi connectivity index (χ3v) is 2.67. The summed E-state index contributed by atoms with van der Waals surface area (Å²) in [5, 5.41) is 2.91. The van der Waals surface area contributed by atoms with E-state index in [1.165, 1.54) is 12.5 Å². The number of hydrogen-bond acceptors (Lipinski definition) is 3. The number of nitrogens with one attached hydrogen (secondary N) is 1. The molecule has 1 heterocycles. The lowest BCUT2D eigenvalue weighted by Gasteiger charge is -2.16. The van der Waals surface area contributed by atoms with Gasteiger partial charge in [0.1, 0.15) is 6.26 Å². The monoisotopic (exact) mass is 194 g/mol. The molecular formula is C10H14N2O2. The molecule has 1 saturated carbocycles. The summed E-state index contributed by atoms with van der Waals surface area (Å²) in [5.41, 5.74) is 6.40. The molecule has 0 bridgehead atoms. The highest BCUT2D eigenvalue weighted by Crippen LogP contribution is 2.17. The van der Waals surface area contributed by atoms with Crippen LogP contribution in [0, 0.1) is 0 Å². The fourth-order valence-corrected chi connectivity index (χ4v) is 1.81. The fourth-order valence-electron chi connectivity index (χ4n) is 1.81. The van der Waals surface area contributed by atoms with Gasteiger partial charge in [0.25, 0.3) is 5.91 Å². The molecule has 1 fully saturated rings. The standard InChI is InChI=1S/C10H14N2O2/c11-8-2-1-3-9(8)12-10(13)7-4-5-14-6-7/h4-6,8-9H,1-3,11H2,(H,12,13). The number of carbonyl (C=O) groups is 1. The highest BCUT2D eigenvalue weighted by atomic mass is 16.3. The van der Waals surface area contributed by atoms with Crippen molar-refractivity contribution in [1.82, 2.24) is 5.32 Å². The molecule has 1 aromatic heterocycles. The van der Waals surface area contributed by atoms with E-state index in [4.69, 9.17) is 10.2 Å². The van der Waals surface area contributed by atoms with E-state index in [9.17, 15) is 4.79 Å². The molecule has 1 aliphatic rings. The van der Waals surface area contributed by atoms with Gasteiger partial charge in [-0.05, 0) is 25.3 Å². The second-order valence-corrected chi connectivity index (χ2v) is 3.69. The first-order valence-corrected chi connectivity index (χ1v) is 4.86. The normalized spacial score (nSPS) is 26.4. The topological polar surface area (TPSA) is 68.3 Å². The number of carbonyl (C=O) groups excluding carboxylic acids is 1. The maximum Gasteiger partial charge on any atom is 0.254 e. The van der Waals surface area contributed by atoms with Crippen LogP contribution in [0.3, 0.4) is 0 Å². The van der Waals surface area contributed by atoms with Gasteiger partial charge in [-0.2, -0.15) is 0 Å². The van der Waals surface area contributed by atoms with Crippen LogP contribution in [0.4, 0.5) is 0 Å². The minimum atomic E-state index is -0.0962. The molecule has 2 atom stereocenters. The van der Waals surface area contributed by atoms with Gasteiger partial charge >= 0.3 is 0 Å². The van der Waals surface area contributed by atoms with E-state index in [1.54, 1.807) is 6.07 Å². The van der Waals surface area contributed by atoms with E-state index in [2.05, 4.69) is 5.32 Å². The van der Waals surface area contributed by atoms with Crippen LogP contribution in [-0.4, -0.2) is 18.0 Å². The SMILES string of the molecule is NC1CCCC1NC(=O)c1ccoc1. The Hall–Kier alpha value is -1.29. The number of nitrogens with two attached hydrogens (primary N) is 1. The van der Waals surface area contributed by atoms with Crippen molar-refractivity contribution in [2.75, 3.05) is 0 Å². The third-order valence-electron chi connectivity index (χ3n) is 2.67. The largest absolute Gasteiger partial charge is 0.472 e. The van der Waals surface area contributed by atoms with Crippen molar-refractivity contribution in [2.45, 2.75) is 31.3 Å². The summed E-state index contributed by atoms with van der Waals surface area (Å²) in [6.07, 6.45) is 6.00. The average Bonchev–Trinajstić information content (AvgIpc) is 2.77. The van der Waals surface area contributed by atoms with Crippen LogP contribution in [0.15, 0.2) is 23.0 Å². The maximum absolute atomic E-state index is 11.6. The molecule has 0 saturated heterocycles. The van der Waals surface area contributed by atoms with E-state index in [1.807, 2.05) is 0 Å². The Balaban J connectivity index is 1.95. The Morgan fingerprint density at radius 2 is 2.43 bits per heavy atom. The highest BCUT2D eigenvalue weighted by molar-refractivity contribution is 5.94. The molecule has 0 spiro atoms. The zero-order valence-electron chi connectivity index (χ0n) is 7.90. The van der Waals surface area contributed by atoms with E-state index in [0.717, 1.165) is 19.3 Å². The van der Waals surface area contributed by atoms with Crippen molar-refractivity contribution < 1.29 is 9.21 Å². The lowest BCUT2D eigenvalue weighted by Crippen LogP contribution is -2.43. The number of rotatable bonds is 2. The first-order valence-electron chi connectivity index (χ1n) is 4.86. The zero-order valence-corrected chi connectivity index (χ0v) is 7.90. The fraction of sp³-hybridized carbons (Fsp3) is 0.500. The van der Waals surface area contributed by atoms with Gasteiger partial charge in [0, 0.05) is 12.1 Å². The highest BCUT2D eigenvalue weighted by Gasteiger charge is 2.25. The predicted molar refractivity (Wildman–Crippen MR) is 51.8 cm³/mol. The molecule has 4 heteroatoms. The molecule has 14 heavy (non-hydrogen) atoms. The number of hydrogen-bond donors (Lipinski definition) is 2. The van der Waals surface area contributed by atoms with Gasteiger partial charge in [-0.1, -0.05) is 0 Å². The third kappa shape index (κ3) is 1.80. The van der Waals surface area contributed by atoms with Gasteiger partial charge in [0.05, 0.1) is 11.8 Å². The first kappa shape index (κ1) is 9.27. The number of furan rings is 1. The molecule has 0 radical (unpaired) electrons. The van der Waals surface area contributed by atoms with Crippen LogP contribution in [0.1, 0.15) is 29.6 Å². The summed E-state index contributed by atoms with van der Waals surface area (Å²) in [6, 6.07) is 1.87. The molecule has 2 rings (SSSR count). The van der Waals surface area contributed by atoms with Gasteiger partial charge in [-0.25, -0.2) is 0 Å². The molecule has 0 aromatic carbocycles. The first-order chi connectivity index (χ1) is 6.77. The van der Waals surface area contributed by atoms with Crippen LogP contribution < -0.4 is 11.1 Å². The summed E-state index contributed by atoms with van der Waals surface area (Å²) in [6.45, 7) is 0. The summed E-state index contributed by atoms with van der Waals surface area (Å²) in [5.74, 6) is -0.0962. The predicted octanol–water partition coefficient (Wildman–Crippen LogP) is 0.889. The van der Waals surface area contributed by atoms with Crippen molar-refractivity contribution in [3.05, 3.63) is 24.2 Å². The van der Waals surface area contributed by atoms with Crippen molar-refractivity contribution in [2.24, 2.45) is 5.73 Å². The Labute approximate surface area is 82.5 Å². The molecular weight excluding hydrogens is 180 g/mol. The van der Waals surface area contributed by atoms with Crippen LogP contribution in [0.25, 0.3) is 0 Å². The zero-order chi connectivity index (χ0) is 9.97. The Morgan fingerprint density at radius 1 is 1.57 bits per heavy atom. The van der Waals surface area contributed by atoms with Crippen molar-refractivity contribution >= 4 is 5.91 Å². The molecule has 4 nitrogen and oxygen atoms in total. The van der Waals surface area contributed by atoms with E-state index >= 15 is 0 Å². The second kappa shape index (κ2) is 3.84. The molecule has 1 aromatic rings. The van der Waals surface area contributed by atoms with E-state index in [-0.39, 0.29) is 18.0 Å². The smallest absolute Gasteiger partial charge is 0.254 e. The van der Waals surface area contributed by atoms with Crippen LogP contribution >= 0.6 is 0 Å². The minimum Gasteiger partial charge on any atom is -0.472 e. The molecule has 1 aliphatic carbocycles. The number of amides is 1. The van der Waals surface area contributed by atoms with E-state index in [0.29, 0.717) is 5.56 Å². The van der Waals surface area contributed by atoms with Crippen molar-refractivity contribution in [3.63, 3.8) is 0 Å². The molecule has 0 aliphatic heterocycles. The van der Waals surface area contributed by atoms with Gasteiger partial charge < -0.3 is 15.5 Å². The Bertz CT molecular complexity index is 308. The van der Waals surface area contributed by atoms with Gasteiger partial charge in [0.15, 0.2) is 0 Å². The lowest BCUT2D eigenvalue weighted by molar-refractivity contribution is 0.0934. The van der Waals surface area contributed by atoms with Crippen molar-refractivity contribution in [3.8, 4) is 0 Å². The van der Waals surface area contributed by atoms with E-state index < -0.39 is 0 Å². The quantitative estimate of drug-likeness (QED) is 0.734. The van der Waals surface area contributed by atoms with Crippen LogP contribution in [0.5, 0.6) is 0 Å². The minimum absolute atomic E-state index is 0.0962. The molecule has 1 amide bonds. The summed E-state index contributed by atoms with van der Waals surface area (Å²) in [4.78, 5) is 11.6. The Kier molecular flexibility index (Phi) is 2.54. The molecule has 2 unspecified atom stereocenters. The summed E-state index contributed by atoms with van der Waals surface area (Å²) in [7, 11) is 0. The van der Waals surface area contributed by atoms with Gasteiger partial charge in [-0.15, -0.1) is 0 Å². The molecule has 76 valence electrons. The lowest BCUT2D eigenvalue weighted by atomic mass is 10.2.